The molecule has 0 heterocycles. The third-order valence-electron chi connectivity index (χ3n) is 11.2. The first-order chi connectivity index (χ1) is 33.0. The molecule has 0 amide bonds. The molecule has 1 atom stereocenters. The van der Waals surface area contributed by atoms with Crippen LogP contribution in [-0.2, 0) is 28.6 Å². The molecule has 0 rings (SSSR count). The van der Waals surface area contributed by atoms with Crippen LogP contribution < -0.4 is 0 Å². The molecule has 0 saturated heterocycles. The van der Waals surface area contributed by atoms with Gasteiger partial charge in [-0.3, -0.25) is 14.4 Å². The number of hydrogen-bond donors (Lipinski definition) is 0. The zero-order valence-electron chi connectivity index (χ0n) is 43.4. The Bertz CT molecular complexity index is 1390. The molecular formula is C61H100O6. The lowest BCUT2D eigenvalue weighted by molar-refractivity contribution is -0.166. The largest absolute Gasteiger partial charge is 0.462 e. The van der Waals surface area contributed by atoms with E-state index < -0.39 is 12.1 Å². The molecule has 0 aliphatic carbocycles. The molecule has 0 N–H and O–H groups in total. The van der Waals surface area contributed by atoms with Gasteiger partial charge in [0.2, 0.25) is 0 Å². The number of hydrogen-bond acceptors (Lipinski definition) is 6. The van der Waals surface area contributed by atoms with Crippen LogP contribution in [0.15, 0.2) is 109 Å². The van der Waals surface area contributed by atoms with E-state index in [2.05, 4.69) is 118 Å². The van der Waals surface area contributed by atoms with Crippen LogP contribution in [0.1, 0.15) is 239 Å². The summed E-state index contributed by atoms with van der Waals surface area (Å²) in [6, 6.07) is 0. The van der Waals surface area contributed by atoms with E-state index in [4.69, 9.17) is 14.2 Å². The van der Waals surface area contributed by atoms with Crippen molar-refractivity contribution in [3.05, 3.63) is 109 Å². The third-order valence-corrected chi connectivity index (χ3v) is 11.2. The number of ether oxygens (including phenoxy) is 3. The lowest BCUT2D eigenvalue weighted by atomic mass is 10.1. The van der Waals surface area contributed by atoms with Gasteiger partial charge in [0.1, 0.15) is 13.2 Å². The smallest absolute Gasteiger partial charge is 0.306 e. The van der Waals surface area contributed by atoms with Crippen molar-refractivity contribution in [1.82, 2.24) is 0 Å². The molecular weight excluding hydrogens is 829 g/mol. The molecule has 6 heteroatoms. The van der Waals surface area contributed by atoms with Crippen LogP contribution in [0.5, 0.6) is 0 Å². The van der Waals surface area contributed by atoms with Gasteiger partial charge in [-0.1, -0.05) is 207 Å². The summed E-state index contributed by atoms with van der Waals surface area (Å²) in [5.41, 5.74) is 0. The first kappa shape index (κ1) is 63.1. The maximum Gasteiger partial charge on any atom is 0.306 e. The van der Waals surface area contributed by atoms with Gasteiger partial charge >= 0.3 is 17.9 Å². The Labute approximate surface area is 412 Å². The number of carbonyl (C=O) groups excluding carboxylic acids is 3. The fourth-order valence-corrected chi connectivity index (χ4v) is 7.07. The van der Waals surface area contributed by atoms with Crippen molar-refractivity contribution in [1.29, 1.82) is 0 Å². The highest BCUT2D eigenvalue weighted by atomic mass is 16.6. The van der Waals surface area contributed by atoms with Gasteiger partial charge in [-0.25, -0.2) is 0 Å². The van der Waals surface area contributed by atoms with E-state index in [-0.39, 0.29) is 31.6 Å². The number of unbranched alkanes of at least 4 members (excludes halogenated alkanes) is 19. The van der Waals surface area contributed by atoms with E-state index in [9.17, 15) is 14.4 Å². The highest BCUT2D eigenvalue weighted by Gasteiger charge is 2.19. The summed E-state index contributed by atoms with van der Waals surface area (Å²) < 4.78 is 16.7. The molecule has 0 aromatic carbocycles. The zero-order chi connectivity index (χ0) is 48.6. The van der Waals surface area contributed by atoms with Crippen molar-refractivity contribution in [3.63, 3.8) is 0 Å². The molecule has 0 aromatic heterocycles. The molecule has 0 aromatic rings. The number of carbonyl (C=O) groups is 3. The summed E-state index contributed by atoms with van der Waals surface area (Å²) in [6.07, 6.45) is 73.7. The molecule has 0 aliphatic rings. The van der Waals surface area contributed by atoms with Gasteiger partial charge in [0.05, 0.1) is 0 Å². The molecule has 0 radical (unpaired) electrons. The summed E-state index contributed by atoms with van der Waals surface area (Å²) in [5.74, 6) is -1.06. The Morgan fingerprint density at radius 2 is 0.567 bits per heavy atom. The minimum Gasteiger partial charge on any atom is -0.462 e. The quantitative estimate of drug-likeness (QED) is 0.0262. The minimum absolute atomic E-state index is 0.126. The molecule has 0 bridgehead atoms. The highest BCUT2D eigenvalue weighted by molar-refractivity contribution is 5.71. The van der Waals surface area contributed by atoms with Crippen molar-refractivity contribution in [2.24, 2.45) is 0 Å². The maximum atomic E-state index is 12.8. The summed E-state index contributed by atoms with van der Waals surface area (Å²) in [7, 11) is 0. The van der Waals surface area contributed by atoms with E-state index in [1.54, 1.807) is 0 Å². The lowest BCUT2D eigenvalue weighted by Crippen LogP contribution is -2.30. The molecule has 0 fully saturated rings. The molecule has 0 spiro atoms. The van der Waals surface area contributed by atoms with Crippen LogP contribution >= 0.6 is 0 Å². The maximum absolute atomic E-state index is 12.8. The average Bonchev–Trinajstić information content (AvgIpc) is 3.33. The monoisotopic (exact) mass is 929 g/mol. The topological polar surface area (TPSA) is 78.9 Å². The SMILES string of the molecule is CCCCC/C=C\C/C=C\C/C=C\C/C=C\C/C=C\CCC(=O)O[C@H](COC(=O)CCCC/C=C\C/C=C\C/C=C\CCCCC)COC(=O)CCCCCCC/C=C\CCCCCCCC. The lowest BCUT2D eigenvalue weighted by Gasteiger charge is -2.18. The van der Waals surface area contributed by atoms with Crippen molar-refractivity contribution >= 4 is 17.9 Å². The second kappa shape index (κ2) is 54.7. The summed E-state index contributed by atoms with van der Waals surface area (Å²) in [5, 5.41) is 0. The predicted octanol–water partition coefficient (Wildman–Crippen LogP) is 18.3. The van der Waals surface area contributed by atoms with Gasteiger partial charge in [0.25, 0.3) is 0 Å². The molecule has 67 heavy (non-hydrogen) atoms. The molecule has 0 unspecified atom stereocenters. The number of allylic oxidation sites excluding steroid dienone is 18. The van der Waals surface area contributed by atoms with Crippen molar-refractivity contribution in [2.45, 2.75) is 245 Å². The van der Waals surface area contributed by atoms with E-state index >= 15 is 0 Å². The van der Waals surface area contributed by atoms with E-state index in [1.165, 1.54) is 103 Å². The van der Waals surface area contributed by atoms with Crippen molar-refractivity contribution in [2.75, 3.05) is 13.2 Å². The van der Waals surface area contributed by atoms with E-state index in [0.717, 1.165) is 83.5 Å². The zero-order valence-corrected chi connectivity index (χ0v) is 43.4. The Hall–Kier alpha value is -3.93. The van der Waals surface area contributed by atoms with Gasteiger partial charge in [-0.2, -0.15) is 0 Å². The first-order valence-electron chi connectivity index (χ1n) is 27.4. The average molecular weight is 929 g/mol. The van der Waals surface area contributed by atoms with Crippen LogP contribution in [0.2, 0.25) is 0 Å². The van der Waals surface area contributed by atoms with Crippen LogP contribution in [-0.4, -0.2) is 37.2 Å². The Kier molecular flexibility index (Phi) is 51.5. The fourth-order valence-electron chi connectivity index (χ4n) is 7.07. The number of esters is 3. The number of rotatable bonds is 48. The Morgan fingerprint density at radius 1 is 0.299 bits per heavy atom. The van der Waals surface area contributed by atoms with Crippen LogP contribution in [0.25, 0.3) is 0 Å². The normalized spacial score (nSPS) is 12.9. The van der Waals surface area contributed by atoms with Gasteiger partial charge in [-0.05, 0) is 122 Å². The van der Waals surface area contributed by atoms with E-state index in [1.807, 2.05) is 12.2 Å². The van der Waals surface area contributed by atoms with Crippen LogP contribution in [0, 0.1) is 0 Å². The minimum atomic E-state index is -0.838. The fraction of sp³-hybridized carbons (Fsp3) is 0.656. The first-order valence-corrected chi connectivity index (χ1v) is 27.4. The van der Waals surface area contributed by atoms with Crippen molar-refractivity contribution in [3.8, 4) is 0 Å². The highest BCUT2D eigenvalue weighted by Crippen LogP contribution is 2.12. The molecule has 6 nitrogen and oxygen atoms in total. The Balaban J connectivity index is 4.59. The van der Waals surface area contributed by atoms with Gasteiger partial charge in [0.15, 0.2) is 6.10 Å². The molecule has 0 aliphatic heterocycles. The van der Waals surface area contributed by atoms with Gasteiger partial charge in [-0.15, -0.1) is 0 Å². The second-order valence-electron chi connectivity index (χ2n) is 17.8. The second-order valence-corrected chi connectivity index (χ2v) is 17.8. The van der Waals surface area contributed by atoms with Crippen molar-refractivity contribution < 1.29 is 28.6 Å². The van der Waals surface area contributed by atoms with Crippen LogP contribution in [0.3, 0.4) is 0 Å². The third kappa shape index (κ3) is 52.9. The summed E-state index contributed by atoms with van der Waals surface area (Å²) in [6.45, 7) is 6.47. The molecule has 380 valence electrons. The predicted molar refractivity (Wildman–Crippen MR) is 288 cm³/mol. The van der Waals surface area contributed by atoms with Crippen LogP contribution in [0.4, 0.5) is 0 Å². The van der Waals surface area contributed by atoms with Gasteiger partial charge in [0, 0.05) is 19.3 Å². The Morgan fingerprint density at radius 3 is 0.970 bits per heavy atom. The summed E-state index contributed by atoms with van der Waals surface area (Å²) >= 11 is 0. The van der Waals surface area contributed by atoms with E-state index in [0.29, 0.717) is 25.7 Å². The van der Waals surface area contributed by atoms with Gasteiger partial charge < -0.3 is 14.2 Å². The summed E-state index contributed by atoms with van der Waals surface area (Å²) in [4.78, 5) is 38.0. The molecule has 0 saturated carbocycles. The standard InChI is InChI=1S/C61H100O6/c1-4-7-10-13-16-19-22-25-28-29-30-31-34-37-40-43-46-49-52-55-61(64)67-58(56-65-59(62)53-50-47-44-41-38-35-32-26-23-20-17-14-11-8-5-2)57-66-60(63)54-51-48-45-42-39-36-33-27-24-21-18-15-12-9-6-3/h16-17,19-20,25-28,30-33,37-38,40-41,46,49,58H,4-15,18,21-24,29,34-36,39,42-45,47-48,50-57H2,1-3H3/b19-16-,20-17-,28-25-,31-30-,32-26-,33-27-,40-37-,41-38-,49-46-/t58-/m1/s1.